The number of rotatable bonds is 1. The van der Waals surface area contributed by atoms with Crippen LogP contribution in [0, 0.1) is 0 Å². The lowest BCUT2D eigenvalue weighted by atomic mass is 9.74. The molecule has 0 atom stereocenters. The fourth-order valence-corrected chi connectivity index (χ4v) is 2.68. The van der Waals surface area contributed by atoms with Crippen LogP contribution in [-0.4, -0.2) is 11.8 Å². The average Bonchev–Trinajstić information content (AvgIpc) is 2.19. The van der Waals surface area contributed by atoms with Crippen molar-refractivity contribution in [1.82, 2.24) is 5.32 Å². The lowest BCUT2D eigenvalue weighted by molar-refractivity contribution is -0.135. The van der Waals surface area contributed by atoms with E-state index in [-0.39, 0.29) is 24.7 Å². The first kappa shape index (κ1) is 12.4. The number of hydrogen-bond donors (Lipinski definition) is 1. The number of benzene rings is 1. The van der Waals surface area contributed by atoms with Crippen LogP contribution in [0.15, 0.2) is 18.2 Å². The van der Waals surface area contributed by atoms with Gasteiger partial charge >= 0.3 is 0 Å². The summed E-state index contributed by atoms with van der Waals surface area (Å²) in [5, 5.41) is 3.36. The van der Waals surface area contributed by atoms with E-state index in [1.165, 1.54) is 0 Å². The second-order valence-electron chi connectivity index (χ2n) is 4.51. The minimum absolute atomic E-state index is 0.235. The highest BCUT2D eigenvalue weighted by atomic mass is 35.5. The minimum atomic E-state index is -0.582. The number of imide groups is 1. The SMILES string of the molecule is CC1(c2cc(Cl)ccc2Cl)CC(=O)NC(=O)C1. The summed E-state index contributed by atoms with van der Waals surface area (Å²) in [5.74, 6) is -0.556. The number of piperidine rings is 1. The Hall–Kier alpha value is -1.06. The molecule has 0 spiro atoms. The van der Waals surface area contributed by atoms with Gasteiger partial charge in [0.15, 0.2) is 0 Å². The van der Waals surface area contributed by atoms with Crippen LogP contribution in [0.5, 0.6) is 0 Å². The van der Waals surface area contributed by atoms with Gasteiger partial charge in [-0.05, 0) is 23.8 Å². The van der Waals surface area contributed by atoms with Crippen molar-refractivity contribution in [2.24, 2.45) is 0 Å². The molecule has 0 radical (unpaired) electrons. The Kier molecular flexibility index (Phi) is 3.15. The van der Waals surface area contributed by atoms with Crippen LogP contribution in [0.2, 0.25) is 10.0 Å². The zero-order valence-electron chi connectivity index (χ0n) is 9.22. The van der Waals surface area contributed by atoms with Crippen LogP contribution >= 0.6 is 23.2 Å². The Morgan fingerprint density at radius 3 is 2.35 bits per heavy atom. The lowest BCUT2D eigenvalue weighted by Crippen LogP contribution is -2.45. The van der Waals surface area contributed by atoms with Gasteiger partial charge in [0.2, 0.25) is 11.8 Å². The molecule has 0 aliphatic carbocycles. The summed E-state index contributed by atoms with van der Waals surface area (Å²) in [6.45, 7) is 1.85. The van der Waals surface area contributed by atoms with Crippen LogP contribution in [-0.2, 0) is 15.0 Å². The summed E-state index contributed by atoms with van der Waals surface area (Å²) in [6, 6.07) is 5.08. The van der Waals surface area contributed by atoms with Crippen LogP contribution in [0.4, 0.5) is 0 Å². The van der Waals surface area contributed by atoms with Crippen LogP contribution in [0.1, 0.15) is 25.3 Å². The number of carbonyl (C=O) groups is 2. The molecule has 0 saturated carbocycles. The van der Waals surface area contributed by atoms with Gasteiger partial charge in [0.1, 0.15) is 0 Å². The van der Waals surface area contributed by atoms with Gasteiger partial charge in [-0.1, -0.05) is 30.1 Å². The van der Waals surface area contributed by atoms with Crippen molar-refractivity contribution < 1.29 is 9.59 Å². The van der Waals surface area contributed by atoms with E-state index in [4.69, 9.17) is 23.2 Å². The maximum Gasteiger partial charge on any atom is 0.227 e. The normalized spacial score (nSPS) is 19.0. The molecule has 0 bridgehead atoms. The standard InChI is InChI=1S/C12H11Cl2NO2/c1-12(5-10(16)15-11(17)6-12)8-4-7(13)2-3-9(8)14/h2-4H,5-6H2,1H3,(H,15,16,17). The summed E-state index contributed by atoms with van der Waals surface area (Å²) < 4.78 is 0. The maximum atomic E-state index is 11.5. The van der Waals surface area contributed by atoms with E-state index >= 15 is 0 Å². The summed E-state index contributed by atoms with van der Waals surface area (Å²) >= 11 is 12.0. The second kappa shape index (κ2) is 4.31. The van der Waals surface area contributed by atoms with Crippen molar-refractivity contribution in [3.05, 3.63) is 33.8 Å². The molecule has 1 aliphatic heterocycles. The van der Waals surface area contributed by atoms with Crippen molar-refractivity contribution in [1.29, 1.82) is 0 Å². The third-order valence-corrected chi connectivity index (χ3v) is 3.52. The number of amides is 2. The molecular weight excluding hydrogens is 261 g/mol. The molecule has 90 valence electrons. The topological polar surface area (TPSA) is 46.2 Å². The summed E-state index contributed by atoms with van der Waals surface area (Å²) in [4.78, 5) is 22.9. The van der Waals surface area contributed by atoms with E-state index in [1.807, 2.05) is 6.92 Å². The van der Waals surface area contributed by atoms with Crippen molar-refractivity contribution >= 4 is 35.0 Å². The third kappa shape index (κ3) is 2.45. The van der Waals surface area contributed by atoms with Crippen LogP contribution in [0.25, 0.3) is 0 Å². The Bertz CT molecular complexity index is 483. The van der Waals surface area contributed by atoms with E-state index in [0.29, 0.717) is 10.0 Å². The van der Waals surface area contributed by atoms with Gasteiger partial charge in [-0.25, -0.2) is 0 Å². The molecule has 3 nitrogen and oxygen atoms in total. The molecule has 5 heteroatoms. The van der Waals surface area contributed by atoms with Gasteiger partial charge in [-0.2, -0.15) is 0 Å². The first-order chi connectivity index (χ1) is 7.90. The maximum absolute atomic E-state index is 11.5. The fraction of sp³-hybridized carbons (Fsp3) is 0.333. The van der Waals surface area contributed by atoms with E-state index in [0.717, 1.165) is 5.56 Å². The molecule has 2 rings (SSSR count). The Morgan fingerprint density at radius 2 is 1.76 bits per heavy atom. The lowest BCUT2D eigenvalue weighted by Gasteiger charge is -2.33. The summed E-state index contributed by atoms with van der Waals surface area (Å²) in [7, 11) is 0. The largest absolute Gasteiger partial charge is 0.296 e. The number of halogens is 2. The molecule has 2 amide bonds. The van der Waals surface area contributed by atoms with Gasteiger partial charge in [-0.3, -0.25) is 14.9 Å². The molecule has 0 unspecified atom stereocenters. The van der Waals surface area contributed by atoms with Crippen molar-refractivity contribution in [3.8, 4) is 0 Å². The fourth-order valence-electron chi connectivity index (χ4n) is 2.17. The highest BCUT2D eigenvalue weighted by molar-refractivity contribution is 6.33. The van der Waals surface area contributed by atoms with E-state index in [1.54, 1.807) is 18.2 Å². The molecule has 1 saturated heterocycles. The molecule has 17 heavy (non-hydrogen) atoms. The third-order valence-electron chi connectivity index (χ3n) is 2.96. The van der Waals surface area contributed by atoms with E-state index in [9.17, 15) is 9.59 Å². The van der Waals surface area contributed by atoms with Crippen LogP contribution in [0.3, 0.4) is 0 Å². The van der Waals surface area contributed by atoms with Crippen molar-refractivity contribution in [2.75, 3.05) is 0 Å². The second-order valence-corrected chi connectivity index (χ2v) is 5.35. The smallest absolute Gasteiger partial charge is 0.227 e. The van der Waals surface area contributed by atoms with Crippen molar-refractivity contribution in [2.45, 2.75) is 25.2 Å². The zero-order chi connectivity index (χ0) is 12.6. The highest BCUT2D eigenvalue weighted by Gasteiger charge is 2.38. The number of carbonyl (C=O) groups excluding carboxylic acids is 2. The van der Waals surface area contributed by atoms with Gasteiger partial charge in [0.05, 0.1) is 0 Å². The van der Waals surface area contributed by atoms with Gasteiger partial charge in [0.25, 0.3) is 0 Å². The highest BCUT2D eigenvalue weighted by Crippen LogP contribution is 2.38. The summed E-state index contributed by atoms with van der Waals surface area (Å²) in [6.07, 6.45) is 0.470. The molecule has 1 heterocycles. The molecule has 1 aromatic rings. The Labute approximate surface area is 109 Å². The molecule has 1 aliphatic rings. The Balaban J connectivity index is 2.46. The van der Waals surface area contributed by atoms with Crippen molar-refractivity contribution in [3.63, 3.8) is 0 Å². The Morgan fingerprint density at radius 1 is 1.18 bits per heavy atom. The average molecular weight is 272 g/mol. The van der Waals surface area contributed by atoms with Gasteiger partial charge < -0.3 is 0 Å². The van der Waals surface area contributed by atoms with Gasteiger partial charge in [0, 0.05) is 28.3 Å². The predicted octanol–water partition coefficient (Wildman–Crippen LogP) is 2.69. The molecular formula is C12H11Cl2NO2. The van der Waals surface area contributed by atoms with Crippen LogP contribution < -0.4 is 5.32 Å². The quantitative estimate of drug-likeness (QED) is 0.799. The molecule has 1 N–H and O–H groups in total. The first-order valence-corrected chi connectivity index (χ1v) is 5.94. The number of hydrogen-bond acceptors (Lipinski definition) is 2. The van der Waals surface area contributed by atoms with E-state index in [2.05, 4.69) is 5.32 Å². The van der Waals surface area contributed by atoms with E-state index < -0.39 is 5.41 Å². The molecule has 0 aromatic heterocycles. The first-order valence-electron chi connectivity index (χ1n) is 5.19. The molecule has 1 aromatic carbocycles. The minimum Gasteiger partial charge on any atom is -0.296 e. The monoisotopic (exact) mass is 271 g/mol. The molecule has 1 fully saturated rings. The van der Waals surface area contributed by atoms with Gasteiger partial charge in [-0.15, -0.1) is 0 Å². The predicted molar refractivity (Wildman–Crippen MR) is 66.2 cm³/mol. The zero-order valence-corrected chi connectivity index (χ0v) is 10.7. The summed E-state index contributed by atoms with van der Waals surface area (Å²) in [5.41, 5.74) is 0.163. The number of nitrogens with one attached hydrogen (secondary N) is 1.